The lowest BCUT2D eigenvalue weighted by atomic mass is 9.99. The molecule has 1 fully saturated rings. The zero-order chi connectivity index (χ0) is 13.0. The molecule has 4 heteroatoms. The van der Waals surface area contributed by atoms with Crippen molar-refractivity contribution < 1.29 is 4.39 Å². The highest BCUT2D eigenvalue weighted by molar-refractivity contribution is 5.50. The lowest BCUT2D eigenvalue weighted by Crippen LogP contribution is -2.37. The van der Waals surface area contributed by atoms with Crippen LogP contribution in [0.1, 0.15) is 18.4 Å². The van der Waals surface area contributed by atoms with E-state index in [1.54, 1.807) is 12.1 Å². The van der Waals surface area contributed by atoms with E-state index in [9.17, 15) is 4.39 Å². The molecule has 0 bridgehead atoms. The number of nitrogens with one attached hydrogen (secondary N) is 1. The van der Waals surface area contributed by atoms with Gasteiger partial charge in [0.25, 0.3) is 0 Å². The van der Waals surface area contributed by atoms with Crippen molar-refractivity contribution >= 4 is 5.69 Å². The zero-order valence-electron chi connectivity index (χ0n) is 10.6. The van der Waals surface area contributed by atoms with E-state index in [0.717, 1.165) is 19.6 Å². The molecule has 18 heavy (non-hydrogen) atoms. The molecule has 1 aliphatic rings. The summed E-state index contributed by atoms with van der Waals surface area (Å²) in [5.41, 5.74) is 0.934. The number of nitrogens with zero attached hydrogens (tertiary/aromatic N) is 2. The smallest absolute Gasteiger partial charge is 0.147 e. The number of benzene rings is 1. The Morgan fingerprint density at radius 3 is 3.00 bits per heavy atom. The van der Waals surface area contributed by atoms with Crippen LogP contribution in [0.2, 0.25) is 0 Å². The Bertz CT molecular complexity index is 447. The summed E-state index contributed by atoms with van der Waals surface area (Å²) < 4.78 is 13.8. The van der Waals surface area contributed by atoms with Gasteiger partial charge < -0.3 is 10.2 Å². The van der Waals surface area contributed by atoms with Crippen molar-refractivity contribution in [1.29, 1.82) is 5.26 Å². The molecule has 2 rings (SSSR count). The molecule has 1 atom stereocenters. The molecule has 1 aromatic rings. The molecule has 1 aliphatic heterocycles. The van der Waals surface area contributed by atoms with Gasteiger partial charge in [0.15, 0.2) is 0 Å². The third-order valence-electron chi connectivity index (χ3n) is 3.42. The molecule has 1 unspecified atom stereocenters. The Balaban J connectivity index is 2.04. The normalized spacial score (nSPS) is 19.3. The fourth-order valence-corrected chi connectivity index (χ4v) is 2.45. The van der Waals surface area contributed by atoms with Gasteiger partial charge in [-0.2, -0.15) is 5.26 Å². The van der Waals surface area contributed by atoms with Gasteiger partial charge in [-0.25, -0.2) is 4.39 Å². The molecule has 0 radical (unpaired) electrons. The van der Waals surface area contributed by atoms with Crippen molar-refractivity contribution in [2.45, 2.75) is 12.8 Å². The molecule has 96 valence electrons. The van der Waals surface area contributed by atoms with Crippen molar-refractivity contribution in [3.8, 4) is 6.07 Å². The zero-order valence-corrected chi connectivity index (χ0v) is 10.6. The number of rotatable bonds is 3. The minimum Gasteiger partial charge on any atom is -0.372 e. The number of anilines is 1. The van der Waals surface area contributed by atoms with Crippen molar-refractivity contribution in [1.82, 2.24) is 5.32 Å². The van der Waals surface area contributed by atoms with Crippen LogP contribution in [-0.2, 0) is 0 Å². The second-order valence-corrected chi connectivity index (χ2v) is 4.87. The highest BCUT2D eigenvalue weighted by Gasteiger charge is 2.17. The van der Waals surface area contributed by atoms with Crippen LogP contribution in [0.25, 0.3) is 0 Å². The largest absolute Gasteiger partial charge is 0.372 e. The van der Waals surface area contributed by atoms with Crippen molar-refractivity contribution in [2.24, 2.45) is 5.92 Å². The van der Waals surface area contributed by atoms with E-state index in [-0.39, 0.29) is 5.82 Å². The minimum atomic E-state index is -0.319. The van der Waals surface area contributed by atoms with Crippen LogP contribution in [0, 0.1) is 23.1 Å². The van der Waals surface area contributed by atoms with Crippen LogP contribution >= 0.6 is 0 Å². The van der Waals surface area contributed by atoms with Gasteiger partial charge in [0.1, 0.15) is 5.82 Å². The lowest BCUT2D eigenvalue weighted by Gasteiger charge is -2.29. The molecule has 3 nitrogen and oxygen atoms in total. The number of piperidine rings is 1. The Labute approximate surface area is 107 Å². The van der Waals surface area contributed by atoms with E-state index in [4.69, 9.17) is 5.26 Å². The van der Waals surface area contributed by atoms with Crippen LogP contribution < -0.4 is 10.2 Å². The Hall–Kier alpha value is -1.60. The van der Waals surface area contributed by atoms with Gasteiger partial charge in [0, 0.05) is 13.6 Å². The second-order valence-electron chi connectivity index (χ2n) is 4.87. The summed E-state index contributed by atoms with van der Waals surface area (Å²) in [6.07, 6.45) is 2.38. The van der Waals surface area contributed by atoms with Crippen LogP contribution in [0.5, 0.6) is 0 Å². The molecule has 0 amide bonds. The minimum absolute atomic E-state index is 0.319. The number of nitriles is 1. The van der Waals surface area contributed by atoms with Gasteiger partial charge in [-0.05, 0) is 50.0 Å². The SMILES string of the molecule is CN(CC1CCCNC1)c1ccc(C#N)cc1F. The van der Waals surface area contributed by atoms with E-state index in [2.05, 4.69) is 5.32 Å². The lowest BCUT2D eigenvalue weighted by molar-refractivity contribution is 0.380. The van der Waals surface area contributed by atoms with E-state index < -0.39 is 0 Å². The molecule has 1 saturated heterocycles. The average Bonchev–Trinajstić information content (AvgIpc) is 2.39. The van der Waals surface area contributed by atoms with Gasteiger partial charge in [-0.15, -0.1) is 0 Å². The maximum Gasteiger partial charge on any atom is 0.147 e. The Morgan fingerprint density at radius 1 is 1.56 bits per heavy atom. The van der Waals surface area contributed by atoms with Gasteiger partial charge in [-0.3, -0.25) is 0 Å². The molecular weight excluding hydrogens is 229 g/mol. The molecule has 0 saturated carbocycles. The van der Waals surface area contributed by atoms with E-state index in [1.165, 1.54) is 18.9 Å². The molecule has 0 aliphatic carbocycles. The predicted molar refractivity (Wildman–Crippen MR) is 70.0 cm³/mol. The first-order valence-corrected chi connectivity index (χ1v) is 6.32. The van der Waals surface area contributed by atoms with Crippen molar-refractivity contribution in [3.63, 3.8) is 0 Å². The van der Waals surface area contributed by atoms with Crippen molar-refractivity contribution in [3.05, 3.63) is 29.6 Å². The quantitative estimate of drug-likeness (QED) is 0.889. The topological polar surface area (TPSA) is 39.1 Å². The Morgan fingerprint density at radius 2 is 2.39 bits per heavy atom. The van der Waals surface area contributed by atoms with E-state index >= 15 is 0 Å². The summed E-state index contributed by atoms with van der Waals surface area (Å²) in [5.74, 6) is 0.249. The van der Waals surface area contributed by atoms with Crippen LogP contribution in [-0.4, -0.2) is 26.7 Å². The average molecular weight is 247 g/mol. The first kappa shape index (κ1) is 12.8. The number of hydrogen-bond donors (Lipinski definition) is 1. The third kappa shape index (κ3) is 2.99. The fraction of sp³-hybridized carbons (Fsp3) is 0.500. The van der Waals surface area contributed by atoms with Gasteiger partial charge >= 0.3 is 0 Å². The predicted octanol–water partition coefficient (Wildman–Crippen LogP) is 2.13. The molecule has 1 aromatic carbocycles. The van der Waals surface area contributed by atoms with E-state index in [1.807, 2.05) is 18.0 Å². The molecular formula is C14H18FN3. The summed E-state index contributed by atoms with van der Waals surface area (Å²) in [6.45, 7) is 2.93. The maximum absolute atomic E-state index is 13.8. The fourth-order valence-electron chi connectivity index (χ4n) is 2.45. The van der Waals surface area contributed by atoms with Crippen LogP contribution in [0.4, 0.5) is 10.1 Å². The van der Waals surface area contributed by atoms with Gasteiger partial charge in [0.05, 0.1) is 17.3 Å². The van der Waals surface area contributed by atoms with E-state index in [0.29, 0.717) is 17.2 Å². The summed E-state index contributed by atoms with van der Waals surface area (Å²) >= 11 is 0. The van der Waals surface area contributed by atoms with Gasteiger partial charge in [-0.1, -0.05) is 0 Å². The Kier molecular flexibility index (Phi) is 4.16. The highest BCUT2D eigenvalue weighted by Crippen LogP contribution is 2.21. The molecule has 0 spiro atoms. The molecule has 0 aromatic heterocycles. The summed E-state index contributed by atoms with van der Waals surface area (Å²) in [6, 6.07) is 6.59. The summed E-state index contributed by atoms with van der Waals surface area (Å²) in [4.78, 5) is 1.94. The van der Waals surface area contributed by atoms with Crippen LogP contribution in [0.15, 0.2) is 18.2 Å². The summed E-state index contributed by atoms with van der Waals surface area (Å²) in [5, 5.41) is 12.1. The number of hydrogen-bond acceptors (Lipinski definition) is 3. The first-order chi connectivity index (χ1) is 8.70. The molecule has 1 N–H and O–H groups in total. The summed E-state index contributed by atoms with van der Waals surface area (Å²) in [7, 11) is 1.90. The maximum atomic E-state index is 13.8. The van der Waals surface area contributed by atoms with Crippen LogP contribution in [0.3, 0.4) is 0 Å². The first-order valence-electron chi connectivity index (χ1n) is 6.32. The highest BCUT2D eigenvalue weighted by atomic mass is 19.1. The van der Waals surface area contributed by atoms with Gasteiger partial charge in [0.2, 0.25) is 0 Å². The molecule has 1 heterocycles. The third-order valence-corrected chi connectivity index (χ3v) is 3.42. The monoisotopic (exact) mass is 247 g/mol. The second kappa shape index (κ2) is 5.83. The van der Waals surface area contributed by atoms with Crippen molar-refractivity contribution in [2.75, 3.05) is 31.6 Å². The standard InChI is InChI=1S/C14H18FN3/c1-18(10-12-3-2-6-17-9-12)14-5-4-11(8-16)7-13(14)15/h4-5,7,12,17H,2-3,6,9-10H2,1H3. The number of halogens is 1.